The Hall–Kier alpha value is -0.870. The highest BCUT2D eigenvalue weighted by molar-refractivity contribution is 9.10. The fraction of sp³-hybridized carbons (Fsp3) is 0.533. The Balaban J connectivity index is 1.77. The Morgan fingerprint density at radius 3 is 3.11 bits per heavy atom. The van der Waals surface area contributed by atoms with Gasteiger partial charge >= 0.3 is 0 Å². The van der Waals surface area contributed by atoms with Crippen LogP contribution < -0.4 is 10.6 Å². The smallest absolute Gasteiger partial charge is 0.221 e. The highest BCUT2D eigenvalue weighted by Gasteiger charge is 2.18. The van der Waals surface area contributed by atoms with Crippen LogP contribution in [0, 0.1) is 0 Å². The van der Waals surface area contributed by atoms with Crippen LogP contribution >= 0.6 is 15.9 Å². The maximum absolute atomic E-state index is 11.9. The fourth-order valence-electron chi connectivity index (χ4n) is 2.56. The van der Waals surface area contributed by atoms with E-state index >= 15 is 0 Å². The first kappa shape index (κ1) is 14.5. The second-order valence-electron chi connectivity index (χ2n) is 5.30. The van der Waals surface area contributed by atoms with Crippen molar-refractivity contribution in [1.82, 2.24) is 10.6 Å². The third kappa shape index (κ3) is 4.96. The highest BCUT2D eigenvalue weighted by atomic mass is 79.9. The van der Waals surface area contributed by atoms with Gasteiger partial charge in [-0.3, -0.25) is 4.79 Å². The standard InChI is InChI=1S/C15H21BrN2O/c1-11(8-12-4-2-5-13(16)9-12)18-15(19)10-14-6-3-7-17-14/h2,4-5,9,11,14,17H,3,6-8,10H2,1H3,(H,18,19). The molecule has 2 N–H and O–H groups in total. The molecule has 2 atom stereocenters. The van der Waals surface area contributed by atoms with Gasteiger partial charge in [0.25, 0.3) is 0 Å². The zero-order valence-electron chi connectivity index (χ0n) is 11.3. The number of benzene rings is 1. The van der Waals surface area contributed by atoms with E-state index in [9.17, 15) is 4.79 Å². The van der Waals surface area contributed by atoms with Crippen molar-refractivity contribution in [3.8, 4) is 0 Å². The molecular formula is C15H21BrN2O. The van der Waals surface area contributed by atoms with Crippen molar-refractivity contribution in [3.63, 3.8) is 0 Å². The maximum atomic E-state index is 11.9. The minimum absolute atomic E-state index is 0.155. The van der Waals surface area contributed by atoms with Crippen molar-refractivity contribution >= 4 is 21.8 Å². The van der Waals surface area contributed by atoms with Crippen molar-refractivity contribution in [3.05, 3.63) is 34.3 Å². The predicted molar refractivity (Wildman–Crippen MR) is 81.1 cm³/mol. The molecule has 1 aromatic carbocycles. The van der Waals surface area contributed by atoms with Crippen molar-refractivity contribution in [2.75, 3.05) is 6.54 Å². The Kier molecular flexibility index (Phi) is 5.40. The summed E-state index contributed by atoms with van der Waals surface area (Å²) in [5.41, 5.74) is 1.24. The molecule has 3 nitrogen and oxygen atoms in total. The number of amides is 1. The van der Waals surface area contributed by atoms with E-state index in [-0.39, 0.29) is 11.9 Å². The number of halogens is 1. The fourth-order valence-corrected chi connectivity index (χ4v) is 3.00. The lowest BCUT2D eigenvalue weighted by atomic mass is 10.1. The van der Waals surface area contributed by atoms with Crippen molar-refractivity contribution in [1.29, 1.82) is 0 Å². The number of hydrogen-bond acceptors (Lipinski definition) is 2. The molecule has 0 aliphatic carbocycles. The lowest BCUT2D eigenvalue weighted by molar-refractivity contribution is -0.122. The molecule has 104 valence electrons. The minimum Gasteiger partial charge on any atom is -0.353 e. The molecule has 0 aromatic heterocycles. The van der Waals surface area contributed by atoms with E-state index in [1.807, 2.05) is 12.1 Å². The van der Waals surface area contributed by atoms with E-state index in [0.29, 0.717) is 12.5 Å². The third-order valence-corrected chi connectivity index (χ3v) is 3.93. The van der Waals surface area contributed by atoms with Gasteiger partial charge in [-0.2, -0.15) is 0 Å². The van der Waals surface area contributed by atoms with Gasteiger partial charge < -0.3 is 10.6 Å². The number of rotatable bonds is 5. The lowest BCUT2D eigenvalue weighted by Crippen LogP contribution is -2.37. The molecule has 1 aromatic rings. The zero-order valence-corrected chi connectivity index (χ0v) is 12.9. The molecule has 0 saturated carbocycles. The summed E-state index contributed by atoms with van der Waals surface area (Å²) in [6, 6.07) is 8.77. The van der Waals surface area contributed by atoms with Gasteiger partial charge in [-0.1, -0.05) is 28.1 Å². The van der Waals surface area contributed by atoms with Gasteiger partial charge in [0.1, 0.15) is 0 Å². The summed E-state index contributed by atoms with van der Waals surface area (Å²) >= 11 is 3.47. The van der Waals surface area contributed by atoms with Gasteiger partial charge in [0, 0.05) is 23.0 Å². The molecule has 1 saturated heterocycles. The van der Waals surface area contributed by atoms with Crippen LogP contribution in [0.5, 0.6) is 0 Å². The van der Waals surface area contributed by atoms with E-state index in [2.05, 4.69) is 45.6 Å². The quantitative estimate of drug-likeness (QED) is 0.874. The van der Waals surface area contributed by atoms with Crippen molar-refractivity contribution in [2.45, 2.75) is 44.7 Å². The van der Waals surface area contributed by atoms with Crippen LogP contribution in [0.2, 0.25) is 0 Å². The van der Waals surface area contributed by atoms with E-state index in [1.54, 1.807) is 0 Å². The first-order chi connectivity index (χ1) is 9.13. The maximum Gasteiger partial charge on any atom is 0.221 e. The summed E-state index contributed by atoms with van der Waals surface area (Å²) in [6.45, 7) is 3.10. The number of carbonyl (C=O) groups excluding carboxylic acids is 1. The van der Waals surface area contributed by atoms with Crippen LogP contribution in [0.15, 0.2) is 28.7 Å². The van der Waals surface area contributed by atoms with Crippen LogP contribution in [0.4, 0.5) is 0 Å². The minimum atomic E-state index is 0.155. The molecule has 19 heavy (non-hydrogen) atoms. The van der Waals surface area contributed by atoms with Gasteiger partial charge in [-0.25, -0.2) is 0 Å². The van der Waals surface area contributed by atoms with Gasteiger partial charge in [-0.05, 0) is 50.4 Å². The van der Waals surface area contributed by atoms with E-state index in [4.69, 9.17) is 0 Å². The van der Waals surface area contributed by atoms with Crippen LogP contribution in [0.25, 0.3) is 0 Å². The Bertz CT molecular complexity index is 430. The summed E-state index contributed by atoms with van der Waals surface area (Å²) in [7, 11) is 0. The molecule has 2 unspecified atom stereocenters. The van der Waals surface area contributed by atoms with E-state index < -0.39 is 0 Å². The molecule has 0 spiro atoms. The third-order valence-electron chi connectivity index (χ3n) is 3.43. The first-order valence-electron chi connectivity index (χ1n) is 6.90. The van der Waals surface area contributed by atoms with Crippen LogP contribution in [-0.2, 0) is 11.2 Å². The van der Waals surface area contributed by atoms with Crippen LogP contribution in [-0.4, -0.2) is 24.5 Å². The molecule has 1 aliphatic heterocycles. The highest BCUT2D eigenvalue weighted by Crippen LogP contribution is 2.13. The Morgan fingerprint density at radius 2 is 2.42 bits per heavy atom. The second-order valence-corrected chi connectivity index (χ2v) is 6.22. The molecule has 1 aliphatic rings. The van der Waals surface area contributed by atoms with Crippen LogP contribution in [0.3, 0.4) is 0 Å². The normalized spacial score (nSPS) is 20.2. The Labute approximate surface area is 123 Å². The van der Waals surface area contributed by atoms with Crippen molar-refractivity contribution < 1.29 is 4.79 Å². The summed E-state index contributed by atoms with van der Waals surface area (Å²) in [6.07, 6.45) is 3.77. The molecule has 1 fully saturated rings. The number of hydrogen-bond donors (Lipinski definition) is 2. The van der Waals surface area contributed by atoms with E-state index in [1.165, 1.54) is 12.0 Å². The molecule has 4 heteroatoms. The molecule has 0 radical (unpaired) electrons. The van der Waals surface area contributed by atoms with Gasteiger partial charge in [-0.15, -0.1) is 0 Å². The van der Waals surface area contributed by atoms with Crippen LogP contribution in [0.1, 0.15) is 31.7 Å². The summed E-state index contributed by atoms with van der Waals surface area (Å²) in [5.74, 6) is 0.155. The van der Waals surface area contributed by atoms with E-state index in [0.717, 1.165) is 23.9 Å². The zero-order chi connectivity index (χ0) is 13.7. The average molecular weight is 325 g/mol. The topological polar surface area (TPSA) is 41.1 Å². The monoisotopic (exact) mass is 324 g/mol. The van der Waals surface area contributed by atoms with Gasteiger partial charge in [0.2, 0.25) is 5.91 Å². The molecule has 1 heterocycles. The summed E-state index contributed by atoms with van der Waals surface area (Å²) in [4.78, 5) is 11.9. The average Bonchev–Trinajstić information content (AvgIpc) is 2.81. The molecular weight excluding hydrogens is 304 g/mol. The lowest BCUT2D eigenvalue weighted by Gasteiger charge is -2.16. The molecule has 2 rings (SSSR count). The summed E-state index contributed by atoms with van der Waals surface area (Å²) in [5, 5.41) is 6.43. The molecule has 0 bridgehead atoms. The number of nitrogens with one attached hydrogen (secondary N) is 2. The first-order valence-corrected chi connectivity index (χ1v) is 7.70. The van der Waals surface area contributed by atoms with Crippen molar-refractivity contribution in [2.24, 2.45) is 0 Å². The predicted octanol–water partition coefficient (Wildman–Crippen LogP) is 2.64. The van der Waals surface area contributed by atoms with Gasteiger partial charge in [0.05, 0.1) is 0 Å². The largest absolute Gasteiger partial charge is 0.353 e. The Morgan fingerprint density at radius 1 is 1.58 bits per heavy atom. The van der Waals surface area contributed by atoms with Gasteiger partial charge in [0.15, 0.2) is 0 Å². The second kappa shape index (κ2) is 7.06. The summed E-state index contributed by atoms with van der Waals surface area (Å²) < 4.78 is 1.08. The number of carbonyl (C=O) groups is 1. The SMILES string of the molecule is CC(Cc1cccc(Br)c1)NC(=O)CC1CCCN1. The molecule has 1 amide bonds.